The van der Waals surface area contributed by atoms with E-state index in [2.05, 4.69) is 13.0 Å². The highest BCUT2D eigenvalue weighted by atomic mass is 32.1. The molecule has 0 radical (unpaired) electrons. The van der Waals surface area contributed by atoms with Gasteiger partial charge in [0, 0.05) is 10.4 Å². The van der Waals surface area contributed by atoms with E-state index >= 15 is 0 Å². The average molecular weight is 244 g/mol. The monoisotopic (exact) mass is 244 g/mol. The smallest absolute Gasteiger partial charge is 0.203 e. The molecule has 0 aliphatic rings. The third kappa shape index (κ3) is 2.47. The first-order valence-corrected chi connectivity index (χ1v) is 6.64. The lowest BCUT2D eigenvalue weighted by atomic mass is 10.0. The fourth-order valence-electron chi connectivity index (χ4n) is 1.89. The van der Waals surface area contributed by atoms with Gasteiger partial charge in [-0.2, -0.15) is 0 Å². The maximum absolute atomic E-state index is 12.3. The van der Waals surface area contributed by atoms with E-state index in [9.17, 15) is 4.79 Å². The summed E-state index contributed by atoms with van der Waals surface area (Å²) in [7, 11) is 0. The topological polar surface area (TPSA) is 17.1 Å². The summed E-state index contributed by atoms with van der Waals surface area (Å²) in [5.74, 6) is 0.146. The van der Waals surface area contributed by atoms with Gasteiger partial charge in [-0.1, -0.05) is 30.7 Å². The summed E-state index contributed by atoms with van der Waals surface area (Å²) in [6.07, 6.45) is 0.991. The van der Waals surface area contributed by atoms with Crippen LogP contribution in [0.25, 0.3) is 0 Å². The van der Waals surface area contributed by atoms with Crippen molar-refractivity contribution in [2.45, 2.75) is 27.2 Å². The van der Waals surface area contributed by atoms with E-state index < -0.39 is 0 Å². The van der Waals surface area contributed by atoms with Crippen molar-refractivity contribution < 1.29 is 4.79 Å². The minimum absolute atomic E-state index is 0.146. The maximum atomic E-state index is 12.3. The third-order valence-corrected chi connectivity index (χ3v) is 4.09. The molecule has 1 nitrogen and oxygen atoms in total. The molecule has 0 fully saturated rings. The summed E-state index contributed by atoms with van der Waals surface area (Å²) < 4.78 is 0. The standard InChI is InChI=1S/C15H16OS/c1-4-12-6-8-14(17-12)15(16)13-7-5-10(2)9-11(13)3/h5-9H,4H2,1-3H3. The molecule has 0 aliphatic heterocycles. The Morgan fingerprint density at radius 2 is 1.94 bits per heavy atom. The number of ketones is 1. The molecule has 1 aromatic carbocycles. The van der Waals surface area contributed by atoms with Crippen LogP contribution >= 0.6 is 11.3 Å². The van der Waals surface area contributed by atoms with Crippen molar-refractivity contribution in [1.29, 1.82) is 0 Å². The largest absolute Gasteiger partial charge is 0.288 e. The number of hydrogen-bond acceptors (Lipinski definition) is 2. The summed E-state index contributed by atoms with van der Waals surface area (Å²) in [5, 5.41) is 0. The molecule has 0 atom stereocenters. The van der Waals surface area contributed by atoms with Crippen LogP contribution in [0, 0.1) is 13.8 Å². The van der Waals surface area contributed by atoms with E-state index in [1.54, 1.807) is 11.3 Å². The summed E-state index contributed by atoms with van der Waals surface area (Å²) in [6, 6.07) is 9.96. The minimum Gasteiger partial charge on any atom is -0.288 e. The van der Waals surface area contributed by atoms with Gasteiger partial charge in [0.05, 0.1) is 4.88 Å². The van der Waals surface area contributed by atoms with Crippen LogP contribution in [-0.4, -0.2) is 5.78 Å². The van der Waals surface area contributed by atoms with Crippen molar-refractivity contribution in [3.63, 3.8) is 0 Å². The lowest BCUT2D eigenvalue weighted by Gasteiger charge is -2.04. The fraction of sp³-hybridized carbons (Fsp3) is 0.267. The molecule has 1 heterocycles. The van der Waals surface area contributed by atoms with Gasteiger partial charge in [-0.3, -0.25) is 4.79 Å². The Kier molecular flexibility index (Phi) is 3.43. The third-order valence-electron chi connectivity index (χ3n) is 2.86. The Morgan fingerprint density at radius 3 is 2.53 bits per heavy atom. The zero-order chi connectivity index (χ0) is 12.4. The molecule has 0 amide bonds. The van der Waals surface area contributed by atoms with E-state index in [1.807, 2.05) is 38.1 Å². The van der Waals surface area contributed by atoms with Crippen LogP contribution in [-0.2, 0) is 6.42 Å². The minimum atomic E-state index is 0.146. The zero-order valence-corrected chi connectivity index (χ0v) is 11.2. The van der Waals surface area contributed by atoms with Gasteiger partial charge in [0.1, 0.15) is 0 Å². The van der Waals surface area contributed by atoms with Crippen molar-refractivity contribution in [3.8, 4) is 0 Å². The highest BCUT2D eigenvalue weighted by Crippen LogP contribution is 2.22. The van der Waals surface area contributed by atoms with Crippen molar-refractivity contribution in [3.05, 3.63) is 56.8 Å². The molecule has 88 valence electrons. The molecular weight excluding hydrogens is 228 g/mol. The normalized spacial score (nSPS) is 10.5. The van der Waals surface area contributed by atoms with Crippen LogP contribution in [0.1, 0.15) is 38.2 Å². The number of carbonyl (C=O) groups excluding carboxylic acids is 1. The van der Waals surface area contributed by atoms with Gasteiger partial charge in [-0.15, -0.1) is 11.3 Å². The molecule has 0 saturated carbocycles. The van der Waals surface area contributed by atoms with E-state index in [4.69, 9.17) is 0 Å². The fourth-order valence-corrected chi connectivity index (χ4v) is 2.79. The van der Waals surface area contributed by atoms with Gasteiger partial charge in [0.25, 0.3) is 0 Å². The highest BCUT2D eigenvalue weighted by Gasteiger charge is 2.13. The quantitative estimate of drug-likeness (QED) is 0.741. The Labute approximate surface area is 106 Å². The summed E-state index contributed by atoms with van der Waals surface area (Å²) in [6.45, 7) is 6.15. The Bertz CT molecular complexity index is 552. The zero-order valence-electron chi connectivity index (χ0n) is 10.4. The van der Waals surface area contributed by atoms with Gasteiger partial charge in [-0.05, 0) is 38.0 Å². The van der Waals surface area contributed by atoms with Crippen LogP contribution in [0.4, 0.5) is 0 Å². The van der Waals surface area contributed by atoms with Gasteiger partial charge in [0.2, 0.25) is 5.78 Å². The Hall–Kier alpha value is -1.41. The van der Waals surface area contributed by atoms with E-state index in [0.717, 1.165) is 22.4 Å². The molecule has 2 rings (SSSR count). The molecule has 0 saturated heterocycles. The van der Waals surface area contributed by atoms with Crippen molar-refractivity contribution >= 4 is 17.1 Å². The van der Waals surface area contributed by atoms with Crippen molar-refractivity contribution in [2.24, 2.45) is 0 Å². The van der Waals surface area contributed by atoms with Gasteiger partial charge in [-0.25, -0.2) is 0 Å². The number of hydrogen-bond donors (Lipinski definition) is 0. The molecule has 1 aromatic heterocycles. The number of rotatable bonds is 3. The number of aryl methyl sites for hydroxylation is 3. The summed E-state index contributed by atoms with van der Waals surface area (Å²) >= 11 is 1.60. The summed E-state index contributed by atoms with van der Waals surface area (Å²) in [5.41, 5.74) is 3.07. The number of thiophene rings is 1. The molecule has 2 heteroatoms. The van der Waals surface area contributed by atoms with Crippen LogP contribution in [0.3, 0.4) is 0 Å². The molecule has 0 bridgehead atoms. The number of carbonyl (C=O) groups is 1. The van der Waals surface area contributed by atoms with Gasteiger partial charge in [0.15, 0.2) is 0 Å². The van der Waals surface area contributed by atoms with E-state index in [1.165, 1.54) is 10.4 Å². The number of benzene rings is 1. The lowest BCUT2D eigenvalue weighted by Crippen LogP contribution is -2.01. The molecular formula is C15H16OS. The highest BCUT2D eigenvalue weighted by molar-refractivity contribution is 7.14. The second-order valence-electron chi connectivity index (χ2n) is 4.27. The van der Waals surface area contributed by atoms with Crippen molar-refractivity contribution in [2.75, 3.05) is 0 Å². The second kappa shape index (κ2) is 4.84. The van der Waals surface area contributed by atoms with Crippen LogP contribution in [0.15, 0.2) is 30.3 Å². The van der Waals surface area contributed by atoms with Crippen LogP contribution in [0.2, 0.25) is 0 Å². The second-order valence-corrected chi connectivity index (χ2v) is 5.44. The SMILES string of the molecule is CCc1ccc(C(=O)c2ccc(C)cc2C)s1. The summed E-state index contributed by atoms with van der Waals surface area (Å²) in [4.78, 5) is 14.4. The lowest BCUT2D eigenvalue weighted by molar-refractivity contribution is 0.104. The van der Waals surface area contributed by atoms with E-state index in [-0.39, 0.29) is 5.78 Å². The average Bonchev–Trinajstić information content (AvgIpc) is 2.76. The van der Waals surface area contributed by atoms with Gasteiger partial charge < -0.3 is 0 Å². The van der Waals surface area contributed by atoms with E-state index in [0.29, 0.717) is 0 Å². The first-order chi connectivity index (χ1) is 8.11. The Balaban J connectivity index is 2.36. The first-order valence-electron chi connectivity index (χ1n) is 5.82. The predicted molar refractivity (Wildman–Crippen MR) is 73.0 cm³/mol. The van der Waals surface area contributed by atoms with Crippen LogP contribution in [0.5, 0.6) is 0 Å². The molecule has 2 aromatic rings. The van der Waals surface area contributed by atoms with Gasteiger partial charge >= 0.3 is 0 Å². The molecule has 0 unspecified atom stereocenters. The molecule has 0 N–H and O–H groups in total. The maximum Gasteiger partial charge on any atom is 0.203 e. The van der Waals surface area contributed by atoms with Crippen LogP contribution < -0.4 is 0 Å². The Morgan fingerprint density at radius 1 is 1.18 bits per heavy atom. The first kappa shape index (κ1) is 12.1. The predicted octanol–water partition coefficient (Wildman–Crippen LogP) is 4.16. The van der Waals surface area contributed by atoms with Crippen molar-refractivity contribution in [1.82, 2.24) is 0 Å². The molecule has 0 aliphatic carbocycles. The molecule has 17 heavy (non-hydrogen) atoms. The molecule has 0 spiro atoms.